The first-order chi connectivity index (χ1) is 10.0. The number of anilines is 1. The molecule has 0 aliphatic heterocycles. The first-order valence-electron chi connectivity index (χ1n) is 6.73. The number of nitrogens with one attached hydrogen (secondary N) is 1. The second kappa shape index (κ2) is 5.14. The molecule has 1 aromatic heterocycles. The molecule has 108 valence electrons. The van der Waals surface area contributed by atoms with Gasteiger partial charge in [-0.1, -0.05) is 0 Å². The van der Waals surface area contributed by atoms with Crippen LogP contribution in [0.3, 0.4) is 0 Å². The zero-order valence-electron chi connectivity index (χ0n) is 11.7. The molecule has 0 atom stereocenters. The molecule has 1 aliphatic carbocycles. The molecule has 1 amide bonds. The Morgan fingerprint density at radius 1 is 1.29 bits per heavy atom. The number of benzene rings is 1. The van der Waals surface area contributed by atoms with Crippen LogP contribution in [0.5, 0.6) is 11.8 Å². The van der Waals surface area contributed by atoms with E-state index in [1.807, 2.05) is 6.92 Å². The van der Waals surface area contributed by atoms with Crippen molar-refractivity contribution in [3.05, 3.63) is 42.2 Å². The molecular formula is C15H16N4O2. The number of nitrogens with zero attached hydrogens (tertiary/aromatic N) is 2. The van der Waals surface area contributed by atoms with Gasteiger partial charge in [0.05, 0.1) is 5.54 Å². The molecular weight excluding hydrogens is 268 g/mol. The van der Waals surface area contributed by atoms with Crippen LogP contribution in [0.15, 0.2) is 36.5 Å². The maximum absolute atomic E-state index is 11.8. The molecule has 3 rings (SSSR count). The first-order valence-corrected chi connectivity index (χ1v) is 6.73. The summed E-state index contributed by atoms with van der Waals surface area (Å²) in [5.74, 6) is 0.464. The van der Waals surface area contributed by atoms with Gasteiger partial charge < -0.3 is 15.8 Å². The fourth-order valence-corrected chi connectivity index (χ4v) is 1.80. The molecule has 1 aliphatic rings. The smallest absolute Gasteiger partial charge is 0.322 e. The van der Waals surface area contributed by atoms with E-state index in [1.165, 1.54) is 0 Å². The van der Waals surface area contributed by atoms with Crippen molar-refractivity contribution in [2.45, 2.75) is 25.3 Å². The Kier molecular flexibility index (Phi) is 3.31. The molecule has 0 saturated heterocycles. The number of aromatic nitrogens is 2. The summed E-state index contributed by atoms with van der Waals surface area (Å²) in [4.78, 5) is 20.0. The van der Waals surface area contributed by atoms with Gasteiger partial charge in [-0.3, -0.25) is 4.79 Å². The Morgan fingerprint density at radius 3 is 2.62 bits per heavy atom. The minimum atomic E-state index is -0.676. The number of aryl methyl sites for hydroxylation is 1. The lowest BCUT2D eigenvalue weighted by molar-refractivity contribution is -0.118. The van der Waals surface area contributed by atoms with Gasteiger partial charge in [-0.05, 0) is 50.1 Å². The van der Waals surface area contributed by atoms with Crippen LogP contribution in [0.2, 0.25) is 0 Å². The second-order valence-corrected chi connectivity index (χ2v) is 5.22. The van der Waals surface area contributed by atoms with Crippen molar-refractivity contribution in [1.29, 1.82) is 0 Å². The van der Waals surface area contributed by atoms with Crippen LogP contribution >= 0.6 is 0 Å². The molecule has 1 aromatic carbocycles. The van der Waals surface area contributed by atoms with E-state index in [9.17, 15) is 4.79 Å². The highest BCUT2D eigenvalue weighted by Gasteiger charge is 2.45. The highest BCUT2D eigenvalue weighted by molar-refractivity contribution is 6.00. The number of carbonyl (C=O) groups is 1. The van der Waals surface area contributed by atoms with Gasteiger partial charge in [0.1, 0.15) is 5.75 Å². The SMILES string of the molecule is Cc1ccnc(Oc2ccc(NC(=O)C3(N)CC3)cc2)n1. The number of ether oxygens (including phenoxy) is 1. The van der Waals surface area contributed by atoms with Crippen molar-refractivity contribution in [3.8, 4) is 11.8 Å². The van der Waals surface area contributed by atoms with E-state index in [2.05, 4.69) is 15.3 Å². The van der Waals surface area contributed by atoms with E-state index >= 15 is 0 Å². The Balaban J connectivity index is 1.65. The highest BCUT2D eigenvalue weighted by Crippen LogP contribution is 2.33. The average Bonchev–Trinajstić information content (AvgIpc) is 3.20. The zero-order chi connectivity index (χ0) is 14.9. The summed E-state index contributed by atoms with van der Waals surface area (Å²) in [6, 6.07) is 9.11. The second-order valence-electron chi connectivity index (χ2n) is 5.22. The Bertz CT molecular complexity index is 666. The normalized spacial score (nSPS) is 15.3. The molecule has 1 heterocycles. The largest absolute Gasteiger partial charge is 0.424 e. The van der Waals surface area contributed by atoms with Gasteiger partial charge in [-0.2, -0.15) is 0 Å². The van der Waals surface area contributed by atoms with Crippen molar-refractivity contribution in [2.24, 2.45) is 5.73 Å². The maximum Gasteiger partial charge on any atom is 0.322 e. The van der Waals surface area contributed by atoms with E-state index in [0.29, 0.717) is 17.4 Å². The predicted octanol–water partition coefficient (Wildman–Crippen LogP) is 2.01. The number of nitrogens with two attached hydrogens (primary N) is 1. The van der Waals surface area contributed by atoms with Crippen molar-refractivity contribution in [3.63, 3.8) is 0 Å². The van der Waals surface area contributed by atoms with E-state index in [0.717, 1.165) is 18.5 Å². The topological polar surface area (TPSA) is 90.1 Å². The third kappa shape index (κ3) is 3.17. The summed E-state index contributed by atoms with van der Waals surface area (Å²) in [5.41, 5.74) is 6.68. The molecule has 0 unspecified atom stereocenters. The number of hydrogen-bond acceptors (Lipinski definition) is 5. The molecule has 6 nitrogen and oxygen atoms in total. The lowest BCUT2D eigenvalue weighted by atomic mass is 10.2. The average molecular weight is 284 g/mol. The summed E-state index contributed by atoms with van der Waals surface area (Å²) >= 11 is 0. The molecule has 0 radical (unpaired) electrons. The Hall–Kier alpha value is -2.47. The van der Waals surface area contributed by atoms with E-state index in [1.54, 1.807) is 36.5 Å². The summed E-state index contributed by atoms with van der Waals surface area (Å²) < 4.78 is 5.54. The Labute approximate surface area is 122 Å². The minimum Gasteiger partial charge on any atom is -0.424 e. The van der Waals surface area contributed by atoms with Gasteiger partial charge in [-0.25, -0.2) is 9.97 Å². The lowest BCUT2D eigenvalue weighted by Gasteiger charge is -2.10. The lowest BCUT2D eigenvalue weighted by Crippen LogP contribution is -2.37. The summed E-state index contributed by atoms with van der Waals surface area (Å²) in [6.45, 7) is 1.87. The summed E-state index contributed by atoms with van der Waals surface area (Å²) in [6.07, 6.45) is 3.12. The van der Waals surface area contributed by atoms with Crippen LogP contribution in [0.1, 0.15) is 18.5 Å². The van der Waals surface area contributed by atoms with Gasteiger partial charge in [0.25, 0.3) is 0 Å². The standard InChI is InChI=1S/C15H16N4O2/c1-10-6-9-17-14(18-10)21-12-4-2-11(3-5-12)19-13(20)15(16)7-8-15/h2-6,9H,7-8,16H2,1H3,(H,19,20). The molecule has 0 bridgehead atoms. The van der Waals surface area contributed by atoms with E-state index in [-0.39, 0.29) is 5.91 Å². The third-order valence-corrected chi connectivity index (χ3v) is 3.33. The van der Waals surface area contributed by atoms with E-state index in [4.69, 9.17) is 10.5 Å². The number of rotatable bonds is 4. The first kappa shape index (κ1) is 13.5. The fourth-order valence-electron chi connectivity index (χ4n) is 1.80. The van der Waals surface area contributed by atoms with Crippen molar-refractivity contribution in [2.75, 3.05) is 5.32 Å². The van der Waals surface area contributed by atoms with Crippen LogP contribution in [0.4, 0.5) is 5.69 Å². The number of amides is 1. The van der Waals surface area contributed by atoms with Crippen LogP contribution in [0.25, 0.3) is 0 Å². The van der Waals surface area contributed by atoms with Crippen LogP contribution in [0, 0.1) is 6.92 Å². The van der Waals surface area contributed by atoms with Gasteiger partial charge in [0, 0.05) is 17.6 Å². The molecule has 21 heavy (non-hydrogen) atoms. The molecule has 0 spiro atoms. The Morgan fingerprint density at radius 2 is 2.00 bits per heavy atom. The van der Waals surface area contributed by atoms with Crippen molar-refractivity contribution in [1.82, 2.24) is 9.97 Å². The predicted molar refractivity (Wildman–Crippen MR) is 78.1 cm³/mol. The zero-order valence-corrected chi connectivity index (χ0v) is 11.7. The van der Waals surface area contributed by atoms with Gasteiger partial charge in [0.15, 0.2) is 0 Å². The third-order valence-electron chi connectivity index (χ3n) is 3.33. The minimum absolute atomic E-state index is 0.141. The quantitative estimate of drug-likeness (QED) is 0.896. The van der Waals surface area contributed by atoms with Crippen LogP contribution in [-0.4, -0.2) is 21.4 Å². The van der Waals surface area contributed by atoms with Crippen molar-refractivity contribution >= 4 is 11.6 Å². The number of hydrogen-bond donors (Lipinski definition) is 2. The van der Waals surface area contributed by atoms with Gasteiger partial charge in [-0.15, -0.1) is 0 Å². The molecule has 1 fully saturated rings. The fraction of sp³-hybridized carbons (Fsp3) is 0.267. The van der Waals surface area contributed by atoms with Gasteiger partial charge >= 0.3 is 6.01 Å². The summed E-state index contributed by atoms with van der Waals surface area (Å²) in [5, 5.41) is 2.79. The monoisotopic (exact) mass is 284 g/mol. The van der Waals surface area contributed by atoms with Crippen LogP contribution < -0.4 is 15.8 Å². The van der Waals surface area contributed by atoms with Crippen LogP contribution in [-0.2, 0) is 4.79 Å². The maximum atomic E-state index is 11.8. The molecule has 1 saturated carbocycles. The highest BCUT2D eigenvalue weighted by atomic mass is 16.5. The molecule has 6 heteroatoms. The molecule has 3 N–H and O–H groups in total. The molecule has 2 aromatic rings. The number of carbonyl (C=O) groups excluding carboxylic acids is 1. The van der Waals surface area contributed by atoms with Gasteiger partial charge in [0.2, 0.25) is 5.91 Å². The summed E-state index contributed by atoms with van der Waals surface area (Å²) in [7, 11) is 0. The van der Waals surface area contributed by atoms with E-state index < -0.39 is 5.54 Å². The van der Waals surface area contributed by atoms with Crippen molar-refractivity contribution < 1.29 is 9.53 Å².